The molecule has 4 aliphatic heterocycles. The highest BCUT2D eigenvalue weighted by Gasteiger charge is 2.55. The number of hydrogen-bond donors (Lipinski definition) is 7. The van der Waals surface area contributed by atoms with Crippen LogP contribution in [0.4, 0.5) is 0 Å². The molecule has 0 aromatic heterocycles. The zero-order chi connectivity index (χ0) is 61.0. The summed E-state index contributed by atoms with van der Waals surface area (Å²) in [6, 6.07) is 4.10. The van der Waals surface area contributed by atoms with E-state index in [9.17, 15) is 53.7 Å². The number of carboxylic acid groups (broad SMARTS) is 1. The number of morpholine rings is 1. The van der Waals surface area contributed by atoms with Gasteiger partial charge >= 0.3 is 5.97 Å². The van der Waals surface area contributed by atoms with Gasteiger partial charge in [-0.15, -0.1) is 0 Å². The van der Waals surface area contributed by atoms with Crippen molar-refractivity contribution in [2.24, 2.45) is 17.6 Å². The summed E-state index contributed by atoms with van der Waals surface area (Å²) in [5, 5.41) is 50.7. The number of aromatic hydroxyl groups is 2. The standard InChI is InChI=1S/C58H79N5O22/c1-32-52-39(63-16-19-82-56(77-3)54(63)85-52)28-43(83-32)84-41-30-58(75,29-38-45(41)51(70)47-46(49(38)68)48(67)37-7-4-8-40(76-2)44(37)50(47)69)57(74)60-12-5-6-36(65)31-61-53(71)34(27-42(59)66)26-35(64)11-17-78-20-22-80-24-25-81-23-21-79-18-15-62-13-9-33(10-14-62)55(72)73/h4,7-8,32-34,39,41,43,52,54,56,68,70,75H,5-6,9-31H2,1-3H3,(H2,59,66)(H,60,74)(H,61,71)(H,72,73)/t32-,34-,39-,41-,43-,52+,54+,56-,58-/m0/s1. The smallest absolute Gasteiger partial charge is 0.306 e. The molecule has 4 heterocycles. The van der Waals surface area contributed by atoms with Crippen LogP contribution >= 0.6 is 0 Å². The number of nitrogens with one attached hydrogen (secondary N) is 2. The van der Waals surface area contributed by atoms with Crippen LogP contribution in [0.5, 0.6) is 17.2 Å². The number of benzene rings is 2. The van der Waals surface area contributed by atoms with Crippen molar-refractivity contribution in [3.05, 3.63) is 51.6 Å². The average Bonchev–Trinajstić information content (AvgIpc) is 1.82. The molecule has 8 N–H and O–H groups in total. The minimum absolute atomic E-state index is 0.0351. The van der Waals surface area contributed by atoms with Crippen molar-refractivity contribution in [3.8, 4) is 17.2 Å². The van der Waals surface area contributed by atoms with Gasteiger partial charge in [-0.05, 0) is 45.3 Å². The van der Waals surface area contributed by atoms with Crippen LogP contribution in [0.2, 0.25) is 0 Å². The fourth-order valence-electron chi connectivity index (χ4n) is 12.0. The molecule has 9 atom stereocenters. The Bertz CT molecular complexity index is 2760. The third-order valence-electron chi connectivity index (χ3n) is 16.4. The van der Waals surface area contributed by atoms with E-state index in [4.69, 9.17) is 58.2 Å². The number of nitrogens with zero attached hydrogens (tertiary/aromatic N) is 2. The van der Waals surface area contributed by atoms with E-state index in [1.165, 1.54) is 32.4 Å². The number of amides is 3. The molecule has 0 unspecified atom stereocenters. The molecule has 6 aliphatic rings. The zero-order valence-electron chi connectivity index (χ0n) is 48.2. The molecule has 0 radical (unpaired) electrons. The number of primary amides is 1. The van der Waals surface area contributed by atoms with Gasteiger partial charge < -0.3 is 89.1 Å². The van der Waals surface area contributed by atoms with E-state index in [1.807, 2.05) is 0 Å². The third-order valence-corrected chi connectivity index (χ3v) is 16.4. The van der Waals surface area contributed by atoms with Crippen molar-refractivity contribution in [1.29, 1.82) is 0 Å². The van der Waals surface area contributed by atoms with E-state index in [2.05, 4.69) is 20.4 Å². The number of fused-ring (bicyclic) bond motifs is 6. The van der Waals surface area contributed by atoms with E-state index in [-0.39, 0.29) is 104 Å². The number of carbonyl (C=O) groups excluding carboxylic acids is 7. The summed E-state index contributed by atoms with van der Waals surface area (Å²) in [4.78, 5) is 109. The molecule has 3 amide bonds. The Labute approximate surface area is 491 Å². The van der Waals surface area contributed by atoms with Crippen molar-refractivity contribution >= 4 is 46.8 Å². The molecule has 2 aromatic rings. The van der Waals surface area contributed by atoms with Gasteiger partial charge in [-0.1, -0.05) is 12.1 Å². The van der Waals surface area contributed by atoms with Gasteiger partial charge in [0.25, 0.3) is 5.91 Å². The Morgan fingerprint density at radius 3 is 2.18 bits per heavy atom. The largest absolute Gasteiger partial charge is 0.507 e. The van der Waals surface area contributed by atoms with Crippen LogP contribution in [0.15, 0.2) is 18.2 Å². The number of methoxy groups -OCH3 is 2. The van der Waals surface area contributed by atoms with Crippen LogP contribution in [0, 0.1) is 11.8 Å². The van der Waals surface area contributed by atoms with E-state index < -0.39 is 138 Å². The molecule has 2 aromatic carbocycles. The van der Waals surface area contributed by atoms with Crippen LogP contribution in [0.1, 0.15) is 114 Å². The maximum Gasteiger partial charge on any atom is 0.306 e. The summed E-state index contributed by atoms with van der Waals surface area (Å²) in [6.45, 7) is 6.76. The first-order chi connectivity index (χ1) is 40.8. The molecule has 85 heavy (non-hydrogen) atoms. The predicted octanol–water partition coefficient (Wildman–Crippen LogP) is 0.436. The van der Waals surface area contributed by atoms with Crippen LogP contribution in [0.3, 0.4) is 0 Å². The number of likely N-dealkylation sites (tertiary alicyclic amines) is 1. The number of nitrogens with two attached hydrogens (primary N) is 1. The lowest BCUT2D eigenvalue weighted by Gasteiger charge is -2.43. The van der Waals surface area contributed by atoms with Gasteiger partial charge in [0.2, 0.25) is 17.6 Å². The number of phenolic OH excluding ortho intramolecular Hbond substituents is 2. The van der Waals surface area contributed by atoms with E-state index >= 15 is 0 Å². The molecule has 0 saturated carbocycles. The molecular formula is C58H79N5O22. The Kier molecular flexibility index (Phi) is 22.9. The van der Waals surface area contributed by atoms with Crippen LogP contribution in [-0.2, 0) is 77.8 Å². The van der Waals surface area contributed by atoms with Gasteiger partial charge in [0, 0.05) is 94.4 Å². The normalized spacial score (nSPS) is 25.2. The minimum Gasteiger partial charge on any atom is -0.507 e. The second kappa shape index (κ2) is 30.0. The number of aliphatic carboxylic acids is 1. The quantitative estimate of drug-likeness (QED) is 0.0329. The lowest BCUT2D eigenvalue weighted by molar-refractivity contribution is -0.256. The third kappa shape index (κ3) is 15.7. The second-order valence-electron chi connectivity index (χ2n) is 22.1. The van der Waals surface area contributed by atoms with Crippen molar-refractivity contribution in [1.82, 2.24) is 20.4 Å². The maximum absolute atomic E-state index is 14.3. The van der Waals surface area contributed by atoms with Gasteiger partial charge in [-0.2, -0.15) is 0 Å². The minimum atomic E-state index is -2.37. The maximum atomic E-state index is 14.3. The second-order valence-corrected chi connectivity index (χ2v) is 22.1. The Balaban J connectivity index is 0.784. The number of piperidine rings is 1. The molecule has 468 valence electrons. The fraction of sp³-hybridized carbons (Fsp3) is 0.655. The highest BCUT2D eigenvalue weighted by atomic mass is 16.7. The highest BCUT2D eigenvalue weighted by molar-refractivity contribution is 6.31. The molecule has 27 nitrogen and oxygen atoms in total. The van der Waals surface area contributed by atoms with Crippen LogP contribution in [0.25, 0.3) is 0 Å². The van der Waals surface area contributed by atoms with Crippen LogP contribution in [-0.4, -0.2) is 233 Å². The first-order valence-corrected chi connectivity index (χ1v) is 28.9. The number of rotatable bonds is 32. The molecular weight excluding hydrogens is 1120 g/mol. The van der Waals surface area contributed by atoms with E-state index in [0.717, 1.165) is 19.6 Å². The number of ether oxygens (including phenoxy) is 10. The van der Waals surface area contributed by atoms with Gasteiger partial charge in [-0.25, -0.2) is 0 Å². The molecule has 0 bridgehead atoms. The fourth-order valence-corrected chi connectivity index (χ4v) is 12.0. The molecule has 8 rings (SSSR count). The monoisotopic (exact) mass is 1200 g/mol. The van der Waals surface area contributed by atoms with Crippen LogP contribution < -0.4 is 21.1 Å². The molecule has 2 aliphatic carbocycles. The Morgan fingerprint density at radius 1 is 0.824 bits per heavy atom. The van der Waals surface area contributed by atoms with Crippen molar-refractivity contribution in [3.63, 3.8) is 0 Å². The number of Topliss-reactive ketones (excluding diaryl/α,β-unsaturated/α-hetero) is 2. The summed E-state index contributed by atoms with van der Waals surface area (Å²) >= 11 is 0. The van der Waals surface area contributed by atoms with Gasteiger partial charge in [0.15, 0.2) is 30.4 Å². The lowest BCUT2D eigenvalue weighted by Crippen LogP contribution is -2.55. The number of carbonyl (C=O) groups is 8. The van der Waals surface area contributed by atoms with Crippen molar-refractivity contribution in [2.45, 2.75) is 120 Å². The average molecular weight is 1200 g/mol. The number of phenols is 2. The van der Waals surface area contributed by atoms with Gasteiger partial charge in [0.05, 0.1) is 114 Å². The topological polar surface area (TPSA) is 366 Å². The van der Waals surface area contributed by atoms with E-state index in [0.29, 0.717) is 59.0 Å². The number of ketones is 4. The lowest BCUT2D eigenvalue weighted by atomic mass is 9.72. The van der Waals surface area contributed by atoms with Gasteiger partial charge in [-0.3, -0.25) is 43.3 Å². The molecule has 0 spiro atoms. The summed E-state index contributed by atoms with van der Waals surface area (Å²) in [5.41, 5.74) is 1.46. The zero-order valence-corrected chi connectivity index (χ0v) is 48.2. The number of aliphatic hydroxyl groups is 1. The number of carboxylic acids is 1. The summed E-state index contributed by atoms with van der Waals surface area (Å²) in [7, 11) is 2.83. The summed E-state index contributed by atoms with van der Waals surface area (Å²) in [6.07, 6.45) is -5.25. The van der Waals surface area contributed by atoms with Crippen molar-refractivity contribution < 1.29 is 106 Å². The summed E-state index contributed by atoms with van der Waals surface area (Å²) < 4.78 is 58.1. The Morgan fingerprint density at radius 2 is 1.51 bits per heavy atom. The summed E-state index contributed by atoms with van der Waals surface area (Å²) in [5.74, 6) is -8.44. The molecule has 27 heteroatoms. The highest BCUT2D eigenvalue weighted by Crippen LogP contribution is 2.53. The number of hydrogen-bond acceptors (Lipinski definition) is 23. The molecule has 4 saturated heterocycles. The molecule has 4 fully saturated rings. The first-order valence-electron chi connectivity index (χ1n) is 28.9. The van der Waals surface area contributed by atoms with Gasteiger partial charge in [0.1, 0.15) is 34.7 Å². The van der Waals surface area contributed by atoms with E-state index in [1.54, 1.807) is 6.92 Å². The van der Waals surface area contributed by atoms with Crippen molar-refractivity contribution in [2.75, 3.05) is 113 Å². The predicted molar refractivity (Wildman–Crippen MR) is 293 cm³/mol. The SMILES string of the molecule is COc1cccc2c1C(=O)c1c(O)c3c(c(O)c1C2=O)C[C@@](O)(C(=O)NCCCC(=O)CNC(=O)[C@H](CC(N)=O)CC(=O)CCOCCOCCOCCOCCN1CCC(C(=O)O)CC1)C[C@@H]3O[C@H]1C[C@H]2[C@H](O[C@@H]3[C@@H](OC)OCCN32)[C@H](C)O1. The first kappa shape index (κ1) is 64.9. The Hall–Kier alpha value is -6.08.